The van der Waals surface area contributed by atoms with Gasteiger partial charge >= 0.3 is 6.18 Å². The fourth-order valence-corrected chi connectivity index (χ4v) is 1.84. The summed E-state index contributed by atoms with van der Waals surface area (Å²) in [6, 6.07) is 0. The van der Waals surface area contributed by atoms with Gasteiger partial charge in [-0.25, -0.2) is 4.68 Å². The fourth-order valence-electron chi connectivity index (χ4n) is 1.84. The lowest BCUT2D eigenvalue weighted by Crippen LogP contribution is -2.17. The van der Waals surface area contributed by atoms with Crippen LogP contribution in [0.5, 0.6) is 0 Å². The van der Waals surface area contributed by atoms with Gasteiger partial charge in [0.1, 0.15) is 0 Å². The van der Waals surface area contributed by atoms with Crippen molar-refractivity contribution >= 4 is 5.84 Å². The highest BCUT2D eigenvalue weighted by atomic mass is 19.4. The second kappa shape index (κ2) is 4.54. The lowest BCUT2D eigenvalue weighted by molar-refractivity contribution is -0.137. The highest BCUT2D eigenvalue weighted by Crippen LogP contribution is 2.29. The second-order valence-electron chi connectivity index (χ2n) is 4.06. The predicted molar refractivity (Wildman–Crippen MR) is 62.6 cm³/mol. The van der Waals surface area contributed by atoms with E-state index in [0.717, 1.165) is 10.9 Å². The van der Waals surface area contributed by atoms with Crippen LogP contribution in [0.3, 0.4) is 0 Å². The van der Waals surface area contributed by atoms with E-state index in [1.165, 1.54) is 11.7 Å². The first-order chi connectivity index (χ1) is 9.25. The standard InChI is InChI=1S/C10H11F3N6O/c1-5-7(8(14)17-20)9(18(2)16-5)19-4-6(3-15-19)10(11,12)13/h3-4,20H,1-2H3,(H2,14,17). The molecule has 0 saturated heterocycles. The van der Waals surface area contributed by atoms with E-state index in [4.69, 9.17) is 10.9 Å². The molecule has 2 aromatic heterocycles. The normalized spacial score (nSPS) is 12.9. The summed E-state index contributed by atoms with van der Waals surface area (Å²) in [4.78, 5) is 0. The molecular formula is C10H11F3N6O. The second-order valence-corrected chi connectivity index (χ2v) is 4.06. The number of hydrogen-bond acceptors (Lipinski definition) is 4. The van der Waals surface area contributed by atoms with E-state index in [1.807, 2.05) is 0 Å². The minimum atomic E-state index is -4.50. The quantitative estimate of drug-likeness (QED) is 0.373. The van der Waals surface area contributed by atoms with Crippen molar-refractivity contribution in [1.29, 1.82) is 0 Å². The Balaban J connectivity index is 2.61. The fraction of sp³-hybridized carbons (Fsp3) is 0.300. The van der Waals surface area contributed by atoms with Crippen molar-refractivity contribution in [2.75, 3.05) is 0 Å². The van der Waals surface area contributed by atoms with Gasteiger partial charge in [-0.3, -0.25) is 4.68 Å². The molecule has 0 atom stereocenters. The topological polar surface area (TPSA) is 94.2 Å². The van der Waals surface area contributed by atoms with Gasteiger partial charge in [-0.05, 0) is 6.92 Å². The van der Waals surface area contributed by atoms with Gasteiger partial charge in [-0.15, -0.1) is 0 Å². The molecule has 0 aliphatic heterocycles. The molecule has 0 saturated carbocycles. The Labute approximate surface area is 111 Å². The zero-order valence-corrected chi connectivity index (χ0v) is 10.5. The van der Waals surface area contributed by atoms with Gasteiger partial charge < -0.3 is 10.9 Å². The molecule has 2 heterocycles. The molecule has 2 aromatic rings. The molecule has 0 aromatic carbocycles. The third-order valence-electron chi connectivity index (χ3n) is 2.68. The predicted octanol–water partition coefficient (Wildman–Crippen LogP) is 1.03. The molecule has 2 rings (SSSR count). The van der Waals surface area contributed by atoms with E-state index in [2.05, 4.69) is 15.4 Å². The third kappa shape index (κ3) is 2.19. The van der Waals surface area contributed by atoms with E-state index >= 15 is 0 Å². The monoisotopic (exact) mass is 288 g/mol. The highest BCUT2D eigenvalue weighted by molar-refractivity contribution is 6.00. The Bertz CT molecular complexity index is 669. The molecule has 0 fully saturated rings. The number of nitrogens with two attached hydrogens (primary N) is 1. The zero-order chi connectivity index (χ0) is 15.1. The Hall–Kier alpha value is -2.52. The molecule has 7 nitrogen and oxygen atoms in total. The van der Waals surface area contributed by atoms with Crippen LogP contribution < -0.4 is 5.73 Å². The van der Waals surface area contributed by atoms with Crippen molar-refractivity contribution in [2.24, 2.45) is 17.9 Å². The number of halogens is 3. The van der Waals surface area contributed by atoms with Gasteiger partial charge in [-0.2, -0.15) is 23.4 Å². The zero-order valence-electron chi connectivity index (χ0n) is 10.5. The summed E-state index contributed by atoms with van der Waals surface area (Å²) in [7, 11) is 1.52. The van der Waals surface area contributed by atoms with E-state index in [-0.39, 0.29) is 17.2 Å². The molecule has 0 spiro atoms. The van der Waals surface area contributed by atoms with Crippen molar-refractivity contribution in [1.82, 2.24) is 19.6 Å². The molecule has 3 N–H and O–H groups in total. The minimum Gasteiger partial charge on any atom is -0.409 e. The molecular weight excluding hydrogens is 277 g/mol. The van der Waals surface area contributed by atoms with Gasteiger partial charge in [0.25, 0.3) is 0 Å². The van der Waals surface area contributed by atoms with Crippen LogP contribution in [-0.4, -0.2) is 30.6 Å². The lowest BCUT2D eigenvalue weighted by atomic mass is 10.2. The lowest BCUT2D eigenvalue weighted by Gasteiger charge is -2.05. The van der Waals surface area contributed by atoms with Crippen LogP contribution in [0, 0.1) is 6.92 Å². The van der Waals surface area contributed by atoms with Crippen molar-refractivity contribution < 1.29 is 18.4 Å². The molecule has 0 radical (unpaired) electrons. The summed E-state index contributed by atoms with van der Waals surface area (Å²) in [6.45, 7) is 1.59. The molecule has 10 heteroatoms. The maximum absolute atomic E-state index is 12.6. The van der Waals surface area contributed by atoms with Crippen LogP contribution in [0.1, 0.15) is 16.8 Å². The number of rotatable bonds is 2. The molecule has 0 amide bonds. The van der Waals surface area contributed by atoms with Crippen LogP contribution in [0.25, 0.3) is 5.82 Å². The molecule has 108 valence electrons. The molecule has 0 bridgehead atoms. The number of oxime groups is 1. The third-order valence-corrected chi connectivity index (χ3v) is 2.68. The van der Waals surface area contributed by atoms with E-state index in [9.17, 15) is 13.2 Å². The SMILES string of the molecule is Cc1nn(C)c(-n2cc(C(F)(F)F)cn2)c1C(N)=NO. The van der Waals surface area contributed by atoms with Gasteiger partial charge in [-0.1, -0.05) is 5.16 Å². The van der Waals surface area contributed by atoms with Gasteiger partial charge in [0.05, 0.1) is 23.0 Å². The summed E-state index contributed by atoms with van der Waals surface area (Å²) in [5.74, 6) is -0.0806. The van der Waals surface area contributed by atoms with E-state index in [0.29, 0.717) is 11.9 Å². The smallest absolute Gasteiger partial charge is 0.409 e. The Morgan fingerprint density at radius 2 is 2.10 bits per heavy atom. The Morgan fingerprint density at radius 3 is 2.60 bits per heavy atom. The van der Waals surface area contributed by atoms with Crippen LogP contribution in [0.15, 0.2) is 17.5 Å². The average Bonchev–Trinajstić information content (AvgIpc) is 2.92. The van der Waals surface area contributed by atoms with Crippen molar-refractivity contribution in [2.45, 2.75) is 13.1 Å². The summed E-state index contributed by atoms with van der Waals surface area (Å²) < 4.78 is 40.0. The first kappa shape index (κ1) is 13.9. The average molecular weight is 288 g/mol. The number of amidine groups is 1. The highest BCUT2D eigenvalue weighted by Gasteiger charge is 2.33. The number of nitrogens with zero attached hydrogens (tertiary/aromatic N) is 5. The van der Waals surface area contributed by atoms with E-state index < -0.39 is 11.7 Å². The molecule has 20 heavy (non-hydrogen) atoms. The van der Waals surface area contributed by atoms with Gasteiger partial charge in [0.2, 0.25) is 0 Å². The first-order valence-corrected chi connectivity index (χ1v) is 5.39. The minimum absolute atomic E-state index is 0.174. The van der Waals surface area contributed by atoms with Crippen LogP contribution in [-0.2, 0) is 13.2 Å². The van der Waals surface area contributed by atoms with Crippen molar-refractivity contribution in [3.05, 3.63) is 29.2 Å². The van der Waals surface area contributed by atoms with Crippen LogP contribution >= 0.6 is 0 Å². The van der Waals surface area contributed by atoms with Crippen LogP contribution in [0.4, 0.5) is 13.2 Å². The van der Waals surface area contributed by atoms with Crippen molar-refractivity contribution in [3.8, 4) is 5.82 Å². The van der Waals surface area contributed by atoms with Gasteiger partial charge in [0, 0.05) is 13.2 Å². The van der Waals surface area contributed by atoms with Gasteiger partial charge in [0.15, 0.2) is 11.7 Å². The number of aromatic nitrogens is 4. The summed E-state index contributed by atoms with van der Waals surface area (Å²) in [6.07, 6.45) is -2.99. The number of hydrogen-bond donors (Lipinski definition) is 2. The summed E-state index contributed by atoms with van der Waals surface area (Å²) in [5, 5.41) is 19.3. The maximum atomic E-state index is 12.6. The number of aryl methyl sites for hydroxylation is 2. The molecule has 0 unspecified atom stereocenters. The molecule has 0 aliphatic carbocycles. The van der Waals surface area contributed by atoms with E-state index in [1.54, 1.807) is 6.92 Å². The summed E-state index contributed by atoms with van der Waals surface area (Å²) in [5.41, 5.74) is 5.24. The number of alkyl halides is 3. The Kier molecular flexibility index (Phi) is 3.16. The Morgan fingerprint density at radius 1 is 1.45 bits per heavy atom. The first-order valence-electron chi connectivity index (χ1n) is 5.39. The van der Waals surface area contributed by atoms with Crippen molar-refractivity contribution in [3.63, 3.8) is 0 Å². The largest absolute Gasteiger partial charge is 0.419 e. The van der Waals surface area contributed by atoms with Crippen LogP contribution in [0.2, 0.25) is 0 Å². The summed E-state index contributed by atoms with van der Waals surface area (Å²) >= 11 is 0. The molecule has 0 aliphatic rings. The maximum Gasteiger partial charge on any atom is 0.419 e.